The molecule has 1 aliphatic rings. The van der Waals surface area contributed by atoms with Crippen LogP contribution >= 0.6 is 11.9 Å². The molecule has 1 aliphatic heterocycles. The summed E-state index contributed by atoms with van der Waals surface area (Å²) >= 11 is 1.78. The quantitative estimate of drug-likeness (QED) is 0.643. The van der Waals surface area contributed by atoms with Gasteiger partial charge in [0, 0.05) is 38.1 Å². The second-order valence-corrected chi connectivity index (χ2v) is 8.29. The molecule has 6 heteroatoms. The fraction of sp³-hybridized carbons (Fsp3) is 0.381. The predicted octanol–water partition coefficient (Wildman–Crippen LogP) is 3.65. The van der Waals surface area contributed by atoms with Crippen LogP contribution in [0, 0.1) is 6.92 Å². The summed E-state index contributed by atoms with van der Waals surface area (Å²) < 4.78 is 9.35. The zero-order chi connectivity index (χ0) is 18.8. The Hall–Kier alpha value is -2.02. The topological polar surface area (TPSA) is 41.6 Å². The van der Waals surface area contributed by atoms with Gasteiger partial charge in [-0.2, -0.15) is 0 Å². The van der Waals surface area contributed by atoms with Crippen LogP contribution in [0.15, 0.2) is 56.6 Å². The van der Waals surface area contributed by atoms with Crippen molar-refractivity contribution in [3.63, 3.8) is 0 Å². The van der Waals surface area contributed by atoms with Gasteiger partial charge in [0.1, 0.15) is 0 Å². The normalized spacial score (nSPS) is 16.7. The van der Waals surface area contributed by atoms with E-state index < -0.39 is 0 Å². The maximum Gasteiger partial charge on any atom is 0.419 e. The van der Waals surface area contributed by atoms with Crippen LogP contribution in [0.2, 0.25) is 0 Å². The average molecular weight is 384 g/mol. The van der Waals surface area contributed by atoms with Crippen LogP contribution in [-0.2, 0) is 13.6 Å². The van der Waals surface area contributed by atoms with Gasteiger partial charge in [-0.25, -0.2) is 9.10 Å². The molecule has 1 saturated heterocycles. The third-order valence-corrected chi connectivity index (χ3v) is 6.37. The molecule has 1 aromatic heterocycles. The molecular formula is C21H25N3O2S. The predicted molar refractivity (Wildman–Crippen MR) is 110 cm³/mol. The van der Waals surface area contributed by atoms with Crippen molar-refractivity contribution in [2.45, 2.75) is 24.8 Å². The molecule has 27 heavy (non-hydrogen) atoms. The van der Waals surface area contributed by atoms with Crippen molar-refractivity contribution < 1.29 is 4.42 Å². The van der Waals surface area contributed by atoms with E-state index in [0.29, 0.717) is 5.58 Å². The van der Waals surface area contributed by atoms with E-state index in [2.05, 4.69) is 46.5 Å². The molecule has 0 amide bonds. The molecule has 0 saturated carbocycles. The van der Waals surface area contributed by atoms with Gasteiger partial charge in [-0.3, -0.25) is 9.47 Å². The minimum atomic E-state index is -0.308. The van der Waals surface area contributed by atoms with Crippen molar-refractivity contribution in [3.8, 4) is 0 Å². The van der Waals surface area contributed by atoms with Crippen LogP contribution in [0.1, 0.15) is 17.5 Å². The second kappa shape index (κ2) is 7.92. The highest BCUT2D eigenvalue weighted by Crippen LogP contribution is 2.30. The van der Waals surface area contributed by atoms with Gasteiger partial charge in [-0.05, 0) is 55.1 Å². The van der Waals surface area contributed by atoms with Crippen LogP contribution in [0.4, 0.5) is 0 Å². The van der Waals surface area contributed by atoms with E-state index in [1.165, 1.54) is 11.1 Å². The first kappa shape index (κ1) is 18.3. The Kier molecular flexibility index (Phi) is 5.38. The van der Waals surface area contributed by atoms with Gasteiger partial charge in [-0.15, -0.1) is 0 Å². The zero-order valence-corrected chi connectivity index (χ0v) is 16.7. The van der Waals surface area contributed by atoms with Crippen molar-refractivity contribution in [1.82, 2.24) is 13.8 Å². The largest absolute Gasteiger partial charge is 0.419 e. The molecule has 0 bridgehead atoms. The second-order valence-electron chi connectivity index (χ2n) is 7.15. The lowest BCUT2D eigenvalue weighted by Gasteiger charge is -2.21. The summed E-state index contributed by atoms with van der Waals surface area (Å²) in [7, 11) is 1.75. The summed E-state index contributed by atoms with van der Waals surface area (Å²) in [6.45, 7) is 7.37. The van der Waals surface area contributed by atoms with Crippen LogP contribution in [0.5, 0.6) is 0 Å². The summed E-state index contributed by atoms with van der Waals surface area (Å²) in [6.07, 6.45) is 1.15. The van der Waals surface area contributed by atoms with Crippen molar-refractivity contribution >= 4 is 23.0 Å². The lowest BCUT2D eigenvalue weighted by Crippen LogP contribution is -2.27. The molecule has 3 aromatic rings. The maximum absolute atomic E-state index is 11.8. The Morgan fingerprint density at radius 1 is 1.07 bits per heavy atom. The molecule has 2 aromatic carbocycles. The number of hydrogen-bond acceptors (Lipinski definition) is 5. The van der Waals surface area contributed by atoms with Crippen LogP contribution in [0.3, 0.4) is 0 Å². The number of rotatable bonds is 4. The fourth-order valence-corrected chi connectivity index (χ4v) is 4.57. The van der Waals surface area contributed by atoms with Gasteiger partial charge >= 0.3 is 5.76 Å². The van der Waals surface area contributed by atoms with E-state index in [-0.39, 0.29) is 5.76 Å². The van der Waals surface area contributed by atoms with Gasteiger partial charge in [0.05, 0.1) is 5.52 Å². The number of oxazole rings is 1. The third-order valence-electron chi connectivity index (χ3n) is 5.11. The van der Waals surface area contributed by atoms with Crippen molar-refractivity contribution in [2.24, 2.45) is 7.05 Å². The number of aryl methyl sites for hydroxylation is 2. The Morgan fingerprint density at radius 3 is 2.70 bits per heavy atom. The highest BCUT2D eigenvalue weighted by Gasteiger charge is 2.18. The Bertz CT molecular complexity index is 980. The Morgan fingerprint density at radius 2 is 1.89 bits per heavy atom. The monoisotopic (exact) mass is 383 g/mol. The van der Waals surface area contributed by atoms with Gasteiger partial charge in [0.15, 0.2) is 5.58 Å². The molecule has 142 valence electrons. The van der Waals surface area contributed by atoms with E-state index in [1.807, 2.05) is 12.1 Å². The van der Waals surface area contributed by atoms with Crippen LogP contribution in [-0.4, -0.2) is 40.0 Å². The van der Waals surface area contributed by atoms with E-state index in [1.54, 1.807) is 23.6 Å². The van der Waals surface area contributed by atoms with Gasteiger partial charge < -0.3 is 4.42 Å². The molecule has 0 unspecified atom stereocenters. The summed E-state index contributed by atoms with van der Waals surface area (Å²) in [5, 5.41) is 0. The molecule has 2 heterocycles. The molecule has 0 atom stereocenters. The number of nitrogens with zero attached hydrogens (tertiary/aromatic N) is 3. The summed E-state index contributed by atoms with van der Waals surface area (Å²) in [5.41, 5.74) is 4.07. The maximum atomic E-state index is 11.8. The highest BCUT2D eigenvalue weighted by molar-refractivity contribution is 7.97. The summed E-state index contributed by atoms with van der Waals surface area (Å²) in [4.78, 5) is 15.4. The molecule has 0 aliphatic carbocycles. The zero-order valence-electron chi connectivity index (χ0n) is 15.9. The molecule has 0 N–H and O–H groups in total. The number of aromatic nitrogens is 1. The summed E-state index contributed by atoms with van der Waals surface area (Å²) in [5.74, 6) is -0.308. The van der Waals surface area contributed by atoms with Crippen molar-refractivity contribution in [1.29, 1.82) is 0 Å². The van der Waals surface area contributed by atoms with Crippen LogP contribution in [0.25, 0.3) is 11.1 Å². The lowest BCUT2D eigenvalue weighted by atomic mass is 10.2. The molecule has 0 radical (unpaired) electrons. The van der Waals surface area contributed by atoms with Gasteiger partial charge in [0.25, 0.3) is 0 Å². The van der Waals surface area contributed by atoms with Gasteiger partial charge in [0.2, 0.25) is 0 Å². The fourth-order valence-electron chi connectivity index (χ4n) is 3.53. The first-order chi connectivity index (χ1) is 13.1. The Labute approximate surface area is 163 Å². The van der Waals surface area contributed by atoms with Crippen molar-refractivity contribution in [2.75, 3.05) is 26.2 Å². The first-order valence-electron chi connectivity index (χ1n) is 9.39. The Balaban J connectivity index is 1.43. The first-order valence-corrected chi connectivity index (χ1v) is 10.2. The average Bonchev–Trinajstić information content (AvgIpc) is 2.83. The van der Waals surface area contributed by atoms with E-state index in [9.17, 15) is 4.79 Å². The van der Waals surface area contributed by atoms with E-state index >= 15 is 0 Å². The van der Waals surface area contributed by atoms with Gasteiger partial charge in [-0.1, -0.05) is 30.3 Å². The van der Waals surface area contributed by atoms with E-state index in [4.69, 9.17) is 4.42 Å². The van der Waals surface area contributed by atoms with Crippen molar-refractivity contribution in [3.05, 3.63) is 64.1 Å². The molecule has 0 spiro atoms. The standard InChI is InChI=1S/C21H25N3O2S/c1-16-13-18-19(26-21(25)22(18)2)14-20(16)27-24-10-6-9-23(11-12-24)15-17-7-4-3-5-8-17/h3-5,7-8,13-14H,6,9-12,15H2,1-2H3. The summed E-state index contributed by atoms with van der Waals surface area (Å²) in [6, 6.07) is 14.7. The minimum absolute atomic E-state index is 0.308. The molecular weight excluding hydrogens is 358 g/mol. The number of benzene rings is 2. The minimum Gasteiger partial charge on any atom is -0.408 e. The SMILES string of the molecule is Cc1cc2c(cc1SN1CCCN(Cc3ccccc3)CC1)oc(=O)n2C. The van der Waals surface area contributed by atoms with Crippen LogP contribution < -0.4 is 5.76 Å². The lowest BCUT2D eigenvalue weighted by molar-refractivity contribution is 0.280. The van der Waals surface area contributed by atoms with E-state index in [0.717, 1.165) is 49.6 Å². The number of fused-ring (bicyclic) bond motifs is 1. The highest BCUT2D eigenvalue weighted by atomic mass is 32.2. The molecule has 5 nitrogen and oxygen atoms in total. The smallest absolute Gasteiger partial charge is 0.408 e. The number of hydrogen-bond donors (Lipinski definition) is 0. The molecule has 4 rings (SSSR count). The third kappa shape index (κ3) is 4.13. The molecule has 1 fully saturated rings.